The summed E-state index contributed by atoms with van der Waals surface area (Å²) in [5.41, 5.74) is -2.24. The minimum Gasteiger partial charge on any atom is -0.462 e. The van der Waals surface area contributed by atoms with E-state index in [1.54, 1.807) is 7.11 Å². The van der Waals surface area contributed by atoms with Crippen molar-refractivity contribution in [3.05, 3.63) is 0 Å². The molecule has 3 aliphatic heterocycles. The van der Waals surface area contributed by atoms with Gasteiger partial charge in [0.2, 0.25) is 0 Å². The van der Waals surface area contributed by atoms with Crippen LogP contribution in [0.3, 0.4) is 0 Å². The maximum Gasteiger partial charge on any atom is 0.308 e. The van der Waals surface area contributed by atoms with Crippen molar-refractivity contribution in [2.24, 2.45) is 34.5 Å². The highest BCUT2D eigenvalue weighted by Gasteiger charge is 2.76. The number of aliphatic hydroxyl groups excluding tert-OH is 1. The maximum atomic E-state index is 13.0. The molecule has 7 aliphatic rings. The van der Waals surface area contributed by atoms with Gasteiger partial charge in [-0.2, -0.15) is 0 Å². The molecule has 4 saturated carbocycles. The molecule has 3 heterocycles. The van der Waals surface area contributed by atoms with Gasteiger partial charge in [-0.25, -0.2) is 0 Å². The van der Waals surface area contributed by atoms with E-state index in [2.05, 4.69) is 0 Å². The first-order valence-corrected chi connectivity index (χ1v) is 15.2. The Morgan fingerprint density at radius 3 is 2.62 bits per heavy atom. The Kier molecular flexibility index (Phi) is 6.32. The molecule has 0 radical (unpaired) electrons. The van der Waals surface area contributed by atoms with Gasteiger partial charge in [-0.1, -0.05) is 0 Å². The van der Waals surface area contributed by atoms with Crippen LogP contribution in [0.1, 0.15) is 77.6 Å². The van der Waals surface area contributed by atoms with Gasteiger partial charge in [0.25, 0.3) is 0 Å². The van der Waals surface area contributed by atoms with Gasteiger partial charge in [0, 0.05) is 30.3 Å². The lowest BCUT2D eigenvalue weighted by molar-refractivity contribution is -0.272. The number of esters is 1. The molecule has 9 nitrogen and oxygen atoms in total. The average molecular weight is 549 g/mol. The van der Waals surface area contributed by atoms with E-state index in [1.165, 1.54) is 6.29 Å². The Morgan fingerprint density at radius 2 is 1.87 bits per heavy atom. The topological polar surface area (TPSA) is 121 Å². The fourth-order valence-electron chi connectivity index (χ4n) is 10.9. The van der Waals surface area contributed by atoms with E-state index >= 15 is 0 Å². The largest absolute Gasteiger partial charge is 0.462 e. The lowest BCUT2D eigenvalue weighted by Gasteiger charge is -2.62. The molecule has 9 heteroatoms. The van der Waals surface area contributed by atoms with Gasteiger partial charge in [-0.15, -0.1) is 0 Å². The van der Waals surface area contributed by atoms with E-state index in [-0.39, 0.29) is 53.4 Å². The van der Waals surface area contributed by atoms with Crippen molar-refractivity contribution in [2.75, 3.05) is 20.3 Å². The summed E-state index contributed by atoms with van der Waals surface area (Å²) < 4.78 is 29.6. The minimum atomic E-state index is -0.869. The second-order valence-electron chi connectivity index (χ2n) is 13.9. The zero-order valence-electron chi connectivity index (χ0n) is 23.2. The Hall–Kier alpha value is -1.10. The normalized spacial score (nSPS) is 56.4. The highest BCUT2D eigenvalue weighted by Crippen LogP contribution is 2.72. The molecule has 2 N–H and O–H groups in total. The minimum absolute atomic E-state index is 0.00134. The number of hydrogen-bond acceptors (Lipinski definition) is 9. The number of rotatable bonds is 4. The van der Waals surface area contributed by atoms with Crippen molar-refractivity contribution in [2.45, 2.75) is 119 Å². The molecule has 2 spiro atoms. The van der Waals surface area contributed by atoms with Gasteiger partial charge in [0.15, 0.2) is 6.29 Å². The molecule has 0 aromatic heterocycles. The van der Waals surface area contributed by atoms with Gasteiger partial charge in [-0.05, 0) is 82.5 Å². The van der Waals surface area contributed by atoms with E-state index in [0.717, 1.165) is 51.4 Å². The van der Waals surface area contributed by atoms with Gasteiger partial charge in [0.1, 0.15) is 24.6 Å². The number of aliphatic hydroxyl groups is 2. The van der Waals surface area contributed by atoms with Crippen LogP contribution in [-0.4, -0.2) is 84.7 Å². The van der Waals surface area contributed by atoms with Crippen LogP contribution in [0.15, 0.2) is 0 Å². The number of hydrogen-bond donors (Lipinski definition) is 2. The zero-order chi connectivity index (χ0) is 27.2. The molecular formula is C30H44O9. The SMILES string of the molecule is CO[C@H]1C[C@H](O[C@H]2CC[C@@]3(C=O)[C@H](CC[C@@H]4[C@@H]3CC[C@]35CO[C@]6(COC(=O)C6)[C@H]3CC[C@]45O)C2)O[C@H](C)[C@H]1O. The lowest BCUT2D eigenvalue weighted by atomic mass is 9.43. The third kappa shape index (κ3) is 3.59. The van der Waals surface area contributed by atoms with Crippen LogP contribution in [0.2, 0.25) is 0 Å². The molecule has 7 fully saturated rings. The van der Waals surface area contributed by atoms with Crippen LogP contribution < -0.4 is 0 Å². The summed E-state index contributed by atoms with van der Waals surface area (Å²) in [6, 6.07) is 0. The van der Waals surface area contributed by atoms with Crippen molar-refractivity contribution in [3.63, 3.8) is 0 Å². The number of cyclic esters (lactones) is 1. The van der Waals surface area contributed by atoms with Gasteiger partial charge < -0.3 is 38.7 Å². The van der Waals surface area contributed by atoms with Gasteiger partial charge in [-0.3, -0.25) is 4.79 Å². The third-order valence-electron chi connectivity index (χ3n) is 12.8. The number of aldehydes is 1. The quantitative estimate of drug-likeness (QED) is 0.310. The second-order valence-corrected chi connectivity index (χ2v) is 13.9. The molecule has 218 valence electrons. The van der Waals surface area contributed by atoms with E-state index in [9.17, 15) is 19.8 Å². The van der Waals surface area contributed by atoms with Crippen LogP contribution in [0, 0.1) is 34.5 Å². The number of carbonyl (C=O) groups excluding carboxylic acids is 2. The van der Waals surface area contributed by atoms with E-state index in [0.29, 0.717) is 32.5 Å². The first kappa shape index (κ1) is 26.8. The third-order valence-corrected chi connectivity index (χ3v) is 12.8. The van der Waals surface area contributed by atoms with Crippen LogP contribution in [0.4, 0.5) is 0 Å². The summed E-state index contributed by atoms with van der Waals surface area (Å²) in [6.45, 7) is 2.63. The molecule has 3 saturated heterocycles. The smallest absolute Gasteiger partial charge is 0.308 e. The zero-order valence-corrected chi connectivity index (χ0v) is 23.2. The van der Waals surface area contributed by atoms with Crippen LogP contribution in [0.5, 0.6) is 0 Å². The molecule has 7 rings (SSSR count). The summed E-state index contributed by atoms with van der Waals surface area (Å²) in [6.07, 6.45) is 7.73. The van der Waals surface area contributed by atoms with Gasteiger partial charge in [0.05, 0.1) is 36.9 Å². The van der Waals surface area contributed by atoms with Crippen LogP contribution in [0.25, 0.3) is 0 Å². The van der Waals surface area contributed by atoms with E-state index in [4.69, 9.17) is 23.7 Å². The molecule has 0 bridgehead atoms. The Morgan fingerprint density at radius 1 is 1.03 bits per heavy atom. The highest BCUT2D eigenvalue weighted by atomic mass is 16.7. The highest BCUT2D eigenvalue weighted by molar-refractivity contribution is 5.73. The van der Waals surface area contributed by atoms with Crippen molar-refractivity contribution in [3.8, 4) is 0 Å². The van der Waals surface area contributed by atoms with Crippen LogP contribution >= 0.6 is 0 Å². The molecule has 39 heavy (non-hydrogen) atoms. The standard InChI is InChI=1S/C30H44O9/c1-17-26(33)22(35-2)12-25(38-17)39-19-5-8-27(14-31)18(11-19)3-4-21-20(27)6-9-28-15-37-29(13-24(32)36-16-29)23(28)7-10-30(21,28)34/h14,17-23,25-26,33-34H,3-13,15-16H2,1-2H3/t17-,18-,19+,20+,21-,22+,23+,25+,26-,27-,28+,29-,30+/m1/s1. The molecule has 0 amide bonds. The first-order valence-electron chi connectivity index (χ1n) is 15.2. The first-order chi connectivity index (χ1) is 18.7. The molecule has 13 atom stereocenters. The predicted octanol–water partition coefficient (Wildman–Crippen LogP) is 2.53. The van der Waals surface area contributed by atoms with Crippen LogP contribution in [-0.2, 0) is 33.3 Å². The monoisotopic (exact) mass is 548 g/mol. The molecule has 0 aromatic rings. The summed E-state index contributed by atoms with van der Waals surface area (Å²) >= 11 is 0. The van der Waals surface area contributed by atoms with Crippen molar-refractivity contribution < 1.29 is 43.5 Å². The molecule has 0 unspecified atom stereocenters. The summed E-state index contributed by atoms with van der Waals surface area (Å²) in [5.74, 6) is 0.377. The molecule has 4 aliphatic carbocycles. The fraction of sp³-hybridized carbons (Fsp3) is 0.933. The number of carbonyl (C=O) groups is 2. The van der Waals surface area contributed by atoms with Crippen molar-refractivity contribution in [1.29, 1.82) is 0 Å². The number of fused-ring (bicyclic) bond motifs is 5. The number of methoxy groups -OCH3 is 1. The molecular weight excluding hydrogens is 504 g/mol. The summed E-state index contributed by atoms with van der Waals surface area (Å²) in [7, 11) is 1.60. The van der Waals surface area contributed by atoms with E-state index in [1.807, 2.05) is 6.92 Å². The summed E-state index contributed by atoms with van der Waals surface area (Å²) in [4.78, 5) is 25.1. The summed E-state index contributed by atoms with van der Waals surface area (Å²) in [5, 5.41) is 22.9. The van der Waals surface area contributed by atoms with Gasteiger partial charge >= 0.3 is 5.97 Å². The van der Waals surface area contributed by atoms with E-state index < -0.39 is 29.0 Å². The molecule has 0 aromatic carbocycles. The second kappa shape index (κ2) is 9.20. The fourth-order valence-corrected chi connectivity index (χ4v) is 10.9. The number of ether oxygens (including phenoxy) is 5. The Bertz CT molecular complexity index is 1000. The van der Waals surface area contributed by atoms with Crippen molar-refractivity contribution >= 4 is 12.3 Å². The maximum absolute atomic E-state index is 13.0. The lowest BCUT2D eigenvalue weighted by Crippen LogP contribution is -2.64. The van der Waals surface area contributed by atoms with Crippen molar-refractivity contribution in [1.82, 2.24) is 0 Å². The Labute approximate surface area is 230 Å². The predicted molar refractivity (Wildman–Crippen MR) is 136 cm³/mol. The average Bonchev–Trinajstić information content (AvgIpc) is 3.57. The Balaban J connectivity index is 1.08.